The molecule has 6 nitrogen and oxygen atoms in total. The van der Waals surface area contributed by atoms with E-state index in [1.54, 1.807) is 11.3 Å². The Kier molecular flexibility index (Phi) is 6.74. The second-order valence-corrected chi connectivity index (χ2v) is 20.7. The zero-order chi connectivity index (χ0) is 41.8. The van der Waals surface area contributed by atoms with E-state index in [0.29, 0.717) is 33.6 Å². The van der Waals surface area contributed by atoms with Crippen LogP contribution in [0.4, 0.5) is 0 Å². The average Bonchev–Trinajstić information content (AvgIpc) is 4.08. The topological polar surface area (TPSA) is 50.3 Å². The Bertz CT molecular complexity index is 4100. The van der Waals surface area contributed by atoms with E-state index in [9.17, 15) is 0 Å². The Morgan fingerprint density at radius 3 is 1.25 bits per heavy atom. The highest BCUT2D eigenvalue weighted by molar-refractivity contribution is 7.90. The normalized spacial score (nSPS) is 15.2. The molecule has 0 saturated heterocycles. The van der Waals surface area contributed by atoms with Crippen molar-refractivity contribution in [2.45, 2.75) is 0 Å². The van der Waals surface area contributed by atoms with Gasteiger partial charge in [0.15, 0.2) is 12.9 Å². The predicted molar refractivity (Wildman–Crippen MR) is 264 cm³/mol. The van der Waals surface area contributed by atoms with E-state index in [4.69, 9.17) is 9.47 Å². The van der Waals surface area contributed by atoms with Crippen molar-refractivity contribution in [3.8, 4) is 40.1 Å². The number of hydrogen-bond donors (Lipinski definition) is 0. The van der Waals surface area contributed by atoms with Gasteiger partial charge in [-0.2, -0.15) is 0 Å². The van der Waals surface area contributed by atoms with E-state index in [-0.39, 0.29) is 0 Å². The summed E-state index contributed by atoms with van der Waals surface area (Å²) in [5.74, 6) is 2.31. The van der Waals surface area contributed by atoms with Crippen LogP contribution >= 0.6 is 18.5 Å². The summed E-state index contributed by atoms with van der Waals surface area (Å²) >= 11 is 1.56. The van der Waals surface area contributed by atoms with Crippen LogP contribution in [0, 0.1) is 0 Å². The molecular formula is C56H32N3O3PS. The van der Waals surface area contributed by atoms with Crippen LogP contribution in [0.1, 0.15) is 0 Å². The molecule has 300 valence electrons. The summed E-state index contributed by atoms with van der Waals surface area (Å²) in [5, 5.41) is 9.27. The van der Waals surface area contributed by atoms with Crippen molar-refractivity contribution in [1.29, 1.82) is 0 Å². The van der Waals surface area contributed by atoms with Crippen molar-refractivity contribution in [2.75, 3.05) is 0 Å². The Balaban J connectivity index is 1.00. The Labute approximate surface area is 369 Å². The van der Waals surface area contributed by atoms with Gasteiger partial charge in [-0.15, -0.1) is 11.3 Å². The summed E-state index contributed by atoms with van der Waals surface area (Å²) < 4.78 is 39.7. The van der Waals surface area contributed by atoms with E-state index in [1.807, 2.05) is 6.07 Å². The maximum absolute atomic E-state index is 16.9. The first-order chi connectivity index (χ1) is 31.6. The highest BCUT2D eigenvalue weighted by Crippen LogP contribution is 2.62. The lowest BCUT2D eigenvalue weighted by Gasteiger charge is -2.33. The summed E-state index contributed by atoms with van der Waals surface area (Å²) in [7, 11) is -3.58. The minimum atomic E-state index is -3.58. The van der Waals surface area contributed by atoms with Gasteiger partial charge in [0.25, 0.3) is 0 Å². The van der Waals surface area contributed by atoms with Crippen LogP contribution in [0.5, 0.6) is 23.0 Å². The molecule has 6 heterocycles. The number of benzene rings is 9. The molecule has 1 unspecified atom stereocenters. The van der Waals surface area contributed by atoms with E-state index >= 15 is 4.57 Å². The minimum Gasteiger partial charge on any atom is -0.455 e. The van der Waals surface area contributed by atoms with Crippen LogP contribution in [-0.4, -0.2) is 13.7 Å². The van der Waals surface area contributed by atoms with Gasteiger partial charge in [-0.3, -0.25) is 0 Å². The summed E-state index contributed by atoms with van der Waals surface area (Å²) in [6.45, 7) is 0. The van der Waals surface area contributed by atoms with Crippen LogP contribution in [0.2, 0.25) is 0 Å². The maximum atomic E-state index is 16.9. The van der Waals surface area contributed by atoms with Gasteiger partial charge in [0, 0.05) is 72.0 Å². The van der Waals surface area contributed by atoms with Gasteiger partial charge < -0.3 is 27.7 Å². The van der Waals surface area contributed by atoms with Gasteiger partial charge in [-0.1, -0.05) is 109 Å². The van der Waals surface area contributed by atoms with Crippen LogP contribution < -0.4 is 24.7 Å². The van der Waals surface area contributed by atoms with Gasteiger partial charge in [-0.25, -0.2) is 0 Å². The summed E-state index contributed by atoms with van der Waals surface area (Å²) in [5.41, 5.74) is 9.40. The van der Waals surface area contributed by atoms with Gasteiger partial charge in [0.2, 0.25) is 0 Å². The first-order valence-corrected chi connectivity index (χ1v) is 24.0. The van der Waals surface area contributed by atoms with Crippen LogP contribution in [0.25, 0.3) is 92.6 Å². The number of para-hydroxylation sites is 6. The highest BCUT2D eigenvalue weighted by Gasteiger charge is 2.49. The smallest absolute Gasteiger partial charge is 0.195 e. The Morgan fingerprint density at radius 1 is 0.375 bits per heavy atom. The van der Waals surface area contributed by atoms with Crippen LogP contribution in [-0.2, 0) is 4.57 Å². The number of rotatable bonds is 3. The third kappa shape index (κ3) is 4.42. The fourth-order valence-electron chi connectivity index (χ4n) is 10.8. The molecular weight excluding hydrogens is 826 g/mol. The standard InChI is InChI=1S/C56H32N3O3PS/c60-63-52-27-25-34(58-45-21-9-3-15-38(45)39-16-4-10-22-46(39)58)30-49(52)61-50-31-35(59-47-23-11-5-17-40(47)41-18-6-12-24-48(41)59)32-51(55(50)63)62-54-42-29-33(26-28-53(42)64-56(54)63)57-43-19-7-1-13-36(43)37-14-2-8-20-44(37)57/h1-32H. The predicted octanol–water partition coefficient (Wildman–Crippen LogP) is 14.0. The zero-order valence-electron chi connectivity index (χ0n) is 33.9. The fraction of sp³-hybridized carbons (Fsp3) is 0. The summed E-state index contributed by atoms with van der Waals surface area (Å²) in [6.07, 6.45) is 0. The van der Waals surface area contributed by atoms with E-state index < -0.39 is 7.14 Å². The lowest BCUT2D eigenvalue weighted by molar-refractivity contribution is 0.464. The largest absolute Gasteiger partial charge is 0.455 e. The molecule has 2 aliphatic heterocycles. The summed E-state index contributed by atoms with van der Waals surface area (Å²) in [4.78, 5) is 0. The lowest BCUT2D eigenvalue weighted by atomic mass is 10.2. The number of hydrogen-bond acceptors (Lipinski definition) is 4. The molecule has 0 bridgehead atoms. The van der Waals surface area contributed by atoms with Crippen molar-refractivity contribution < 1.29 is 14.0 Å². The molecule has 2 aliphatic rings. The monoisotopic (exact) mass is 857 g/mol. The van der Waals surface area contributed by atoms with Crippen molar-refractivity contribution in [3.05, 3.63) is 194 Å². The molecule has 0 spiro atoms. The van der Waals surface area contributed by atoms with Crippen molar-refractivity contribution in [1.82, 2.24) is 13.7 Å². The second-order valence-electron chi connectivity index (χ2n) is 16.8. The van der Waals surface area contributed by atoms with E-state index in [2.05, 4.69) is 202 Å². The van der Waals surface area contributed by atoms with E-state index in [0.717, 1.165) is 75.6 Å². The van der Waals surface area contributed by atoms with Gasteiger partial charge in [-0.05, 0) is 66.7 Å². The molecule has 0 aliphatic carbocycles. The number of ether oxygens (including phenoxy) is 2. The minimum absolute atomic E-state index is 0.540. The zero-order valence-corrected chi connectivity index (χ0v) is 35.6. The maximum Gasteiger partial charge on any atom is 0.195 e. The van der Waals surface area contributed by atoms with E-state index in [1.165, 1.54) is 21.5 Å². The van der Waals surface area contributed by atoms with Crippen molar-refractivity contribution in [3.63, 3.8) is 0 Å². The third-order valence-electron chi connectivity index (χ3n) is 13.5. The molecule has 0 amide bonds. The highest BCUT2D eigenvalue weighted by atomic mass is 32.1. The van der Waals surface area contributed by atoms with Gasteiger partial charge in [0.1, 0.15) is 27.2 Å². The van der Waals surface area contributed by atoms with Crippen molar-refractivity contribution in [2.24, 2.45) is 0 Å². The molecule has 64 heavy (non-hydrogen) atoms. The Morgan fingerprint density at radius 2 is 0.766 bits per heavy atom. The fourth-order valence-corrected chi connectivity index (χ4v) is 15.7. The number of thiophene rings is 1. The number of fused-ring (bicyclic) bond motifs is 15. The molecule has 15 rings (SSSR count). The first kappa shape index (κ1) is 34.7. The van der Waals surface area contributed by atoms with Crippen LogP contribution in [0.15, 0.2) is 194 Å². The van der Waals surface area contributed by atoms with Gasteiger partial charge >= 0.3 is 0 Å². The lowest BCUT2D eigenvalue weighted by Crippen LogP contribution is -2.34. The number of aromatic nitrogens is 3. The molecule has 4 aromatic heterocycles. The quantitative estimate of drug-likeness (QED) is 0.166. The first-order valence-electron chi connectivity index (χ1n) is 21.4. The molecule has 8 heteroatoms. The van der Waals surface area contributed by atoms with Gasteiger partial charge in [0.05, 0.1) is 44.1 Å². The molecule has 13 aromatic rings. The average molecular weight is 858 g/mol. The van der Waals surface area contributed by atoms with Crippen molar-refractivity contribution >= 4 is 109 Å². The third-order valence-corrected chi connectivity index (χ3v) is 18.4. The SMILES string of the molecule is O=P12c3ccc(-n4c5ccccc5c5ccccc54)cc3Oc3cc(-n4c5ccccc5c5ccccc54)cc(c31)Oc1c2sc2ccc(-n3c4ccccc4c4ccccc43)cc12. The van der Waals surface area contributed by atoms with Crippen LogP contribution in [0.3, 0.4) is 0 Å². The summed E-state index contributed by atoms with van der Waals surface area (Å²) in [6, 6.07) is 68.0. The molecule has 0 radical (unpaired) electrons. The number of nitrogens with zero attached hydrogens (tertiary/aromatic N) is 3. The molecule has 1 atom stereocenters. The molecule has 0 saturated carbocycles. The molecule has 0 N–H and O–H groups in total. The molecule has 0 fully saturated rings. The molecule has 9 aromatic carbocycles. The second kappa shape index (κ2) is 12.4. The Hall–Kier alpha value is -7.83.